The molecule has 6 nitrogen and oxygen atoms in total. The fourth-order valence-corrected chi connectivity index (χ4v) is 5.06. The third-order valence-corrected chi connectivity index (χ3v) is 6.42. The van der Waals surface area contributed by atoms with E-state index >= 15 is 0 Å². The highest BCUT2D eigenvalue weighted by Crippen LogP contribution is 2.40. The van der Waals surface area contributed by atoms with Gasteiger partial charge < -0.3 is 20.5 Å². The third-order valence-electron chi connectivity index (χ3n) is 5.25. The maximum Gasteiger partial charge on any atom is 0.251 e. The summed E-state index contributed by atoms with van der Waals surface area (Å²) < 4.78 is 10.6. The predicted molar refractivity (Wildman–Crippen MR) is 109 cm³/mol. The number of carbonyl (C=O) groups is 2. The summed E-state index contributed by atoms with van der Waals surface area (Å²) >= 11 is 1.47. The van der Waals surface area contributed by atoms with Gasteiger partial charge in [-0.3, -0.25) is 9.59 Å². The van der Waals surface area contributed by atoms with Crippen LogP contribution in [-0.4, -0.2) is 18.6 Å². The number of hydrogen-bond donors (Lipinski definition) is 2. The molecule has 0 fully saturated rings. The van der Waals surface area contributed by atoms with Crippen LogP contribution in [-0.2, 0) is 17.6 Å². The number of anilines is 1. The molecule has 0 saturated heterocycles. The molecule has 0 radical (unpaired) electrons. The van der Waals surface area contributed by atoms with Crippen molar-refractivity contribution in [3.8, 4) is 11.5 Å². The zero-order valence-electron chi connectivity index (χ0n) is 15.6. The topological polar surface area (TPSA) is 90.7 Å². The Bertz CT molecular complexity index is 964. The lowest BCUT2D eigenvalue weighted by Gasteiger charge is -2.20. The lowest BCUT2D eigenvalue weighted by Crippen LogP contribution is -2.19. The molecular weight excluding hydrogens is 376 g/mol. The first-order valence-corrected chi connectivity index (χ1v) is 10.2. The highest BCUT2D eigenvalue weighted by atomic mass is 32.1. The average molecular weight is 398 g/mol. The number of fused-ring (bicyclic) bond motifs is 2. The molecular formula is C21H22N2O4S. The number of thiophene rings is 1. The monoisotopic (exact) mass is 398 g/mol. The smallest absolute Gasteiger partial charge is 0.251 e. The SMILES string of the molecule is CC[C@H]1CCc2c(sc(NC(=O)/C=C/c3ccc4c(c3)OCO4)c2C(N)=O)C1. The van der Waals surface area contributed by atoms with Gasteiger partial charge in [0.05, 0.1) is 5.56 Å². The zero-order chi connectivity index (χ0) is 19.7. The molecule has 2 heterocycles. The quantitative estimate of drug-likeness (QED) is 0.751. The van der Waals surface area contributed by atoms with Gasteiger partial charge in [0.1, 0.15) is 5.00 Å². The molecule has 0 saturated carbocycles. The van der Waals surface area contributed by atoms with E-state index in [0.717, 1.165) is 36.8 Å². The summed E-state index contributed by atoms with van der Waals surface area (Å²) in [5.41, 5.74) is 7.92. The van der Waals surface area contributed by atoms with Gasteiger partial charge in [0.15, 0.2) is 11.5 Å². The van der Waals surface area contributed by atoms with E-state index in [-0.39, 0.29) is 12.7 Å². The first kappa shape index (κ1) is 18.6. The Kier molecular flexibility index (Phi) is 5.09. The molecule has 146 valence electrons. The summed E-state index contributed by atoms with van der Waals surface area (Å²) in [4.78, 5) is 25.6. The van der Waals surface area contributed by atoms with Crippen molar-refractivity contribution in [1.29, 1.82) is 0 Å². The van der Waals surface area contributed by atoms with Gasteiger partial charge in [0, 0.05) is 11.0 Å². The summed E-state index contributed by atoms with van der Waals surface area (Å²) in [5.74, 6) is 1.20. The number of carbonyl (C=O) groups excluding carboxylic acids is 2. The molecule has 0 unspecified atom stereocenters. The van der Waals surface area contributed by atoms with E-state index in [1.165, 1.54) is 22.3 Å². The van der Waals surface area contributed by atoms with E-state index in [1.54, 1.807) is 6.08 Å². The van der Waals surface area contributed by atoms with Crippen molar-refractivity contribution in [2.24, 2.45) is 11.7 Å². The van der Waals surface area contributed by atoms with Crippen LogP contribution in [0.1, 0.15) is 46.1 Å². The van der Waals surface area contributed by atoms with Crippen LogP contribution < -0.4 is 20.5 Å². The molecule has 2 aromatic rings. The summed E-state index contributed by atoms with van der Waals surface area (Å²) in [6.07, 6.45) is 7.09. The number of rotatable bonds is 5. The van der Waals surface area contributed by atoms with Crippen LogP contribution >= 0.6 is 11.3 Å². The van der Waals surface area contributed by atoms with Crippen LogP contribution in [0.25, 0.3) is 6.08 Å². The minimum absolute atomic E-state index is 0.209. The second-order valence-electron chi connectivity index (χ2n) is 7.02. The second kappa shape index (κ2) is 7.67. The van der Waals surface area contributed by atoms with Gasteiger partial charge in [-0.1, -0.05) is 19.4 Å². The lowest BCUT2D eigenvalue weighted by molar-refractivity contribution is -0.111. The van der Waals surface area contributed by atoms with Gasteiger partial charge in [-0.2, -0.15) is 0 Å². The molecule has 1 aromatic carbocycles. The molecule has 28 heavy (non-hydrogen) atoms. The number of hydrogen-bond acceptors (Lipinski definition) is 5. The number of ether oxygens (including phenoxy) is 2. The maximum atomic E-state index is 12.4. The van der Waals surface area contributed by atoms with Crippen LogP contribution in [0.5, 0.6) is 11.5 Å². The van der Waals surface area contributed by atoms with Crippen molar-refractivity contribution < 1.29 is 19.1 Å². The average Bonchev–Trinajstić information content (AvgIpc) is 3.28. The Hall–Kier alpha value is -2.80. The normalized spacial score (nSPS) is 17.5. The van der Waals surface area contributed by atoms with Gasteiger partial charge >= 0.3 is 0 Å². The second-order valence-corrected chi connectivity index (χ2v) is 8.13. The van der Waals surface area contributed by atoms with Crippen LogP contribution in [0.4, 0.5) is 5.00 Å². The lowest BCUT2D eigenvalue weighted by atomic mass is 9.85. The van der Waals surface area contributed by atoms with Crippen molar-refractivity contribution in [1.82, 2.24) is 0 Å². The number of nitrogens with two attached hydrogens (primary N) is 1. The number of amides is 2. The number of nitrogens with one attached hydrogen (secondary N) is 1. The molecule has 1 atom stereocenters. The minimum atomic E-state index is -0.484. The van der Waals surface area contributed by atoms with Crippen molar-refractivity contribution in [2.45, 2.75) is 32.6 Å². The Morgan fingerprint density at radius 1 is 1.32 bits per heavy atom. The van der Waals surface area contributed by atoms with Crippen molar-refractivity contribution >= 4 is 34.2 Å². The first-order chi connectivity index (χ1) is 13.5. The zero-order valence-corrected chi connectivity index (χ0v) is 16.4. The van der Waals surface area contributed by atoms with Crippen molar-refractivity contribution in [3.63, 3.8) is 0 Å². The highest BCUT2D eigenvalue weighted by molar-refractivity contribution is 7.17. The Labute approximate surface area is 167 Å². The molecule has 3 N–H and O–H groups in total. The summed E-state index contributed by atoms with van der Waals surface area (Å²) in [6, 6.07) is 5.47. The summed E-state index contributed by atoms with van der Waals surface area (Å²) in [7, 11) is 0. The van der Waals surface area contributed by atoms with E-state index in [0.29, 0.717) is 28.0 Å². The molecule has 0 bridgehead atoms. The predicted octanol–water partition coefficient (Wildman–Crippen LogP) is 3.74. The maximum absolute atomic E-state index is 12.4. The van der Waals surface area contributed by atoms with E-state index in [9.17, 15) is 9.59 Å². The standard InChI is InChI=1S/C21H22N2O4S/c1-2-12-3-6-14-17(10-12)28-21(19(14)20(22)25)23-18(24)8-5-13-4-7-15-16(9-13)27-11-26-15/h4-5,7-9,12H,2-3,6,10-11H2,1H3,(H2,22,25)(H,23,24)/b8-5+/t12-/m0/s1. The molecule has 4 rings (SSSR count). The minimum Gasteiger partial charge on any atom is -0.454 e. The highest BCUT2D eigenvalue weighted by Gasteiger charge is 2.27. The number of benzene rings is 1. The van der Waals surface area contributed by atoms with Crippen LogP contribution in [0.3, 0.4) is 0 Å². The largest absolute Gasteiger partial charge is 0.454 e. The van der Waals surface area contributed by atoms with E-state index in [4.69, 9.17) is 15.2 Å². The fraction of sp³-hybridized carbons (Fsp3) is 0.333. The number of primary amides is 1. The van der Waals surface area contributed by atoms with E-state index in [1.807, 2.05) is 18.2 Å². The molecule has 2 aliphatic rings. The summed E-state index contributed by atoms with van der Waals surface area (Å²) in [6.45, 7) is 2.39. The van der Waals surface area contributed by atoms with Crippen molar-refractivity contribution in [2.75, 3.05) is 12.1 Å². The molecule has 7 heteroatoms. The van der Waals surface area contributed by atoms with E-state index < -0.39 is 5.91 Å². The summed E-state index contributed by atoms with van der Waals surface area (Å²) in [5, 5.41) is 3.39. The molecule has 1 aliphatic carbocycles. The first-order valence-electron chi connectivity index (χ1n) is 9.38. The van der Waals surface area contributed by atoms with Crippen LogP contribution in [0, 0.1) is 5.92 Å². The third kappa shape index (κ3) is 3.62. The van der Waals surface area contributed by atoms with E-state index in [2.05, 4.69) is 12.2 Å². The van der Waals surface area contributed by atoms with Gasteiger partial charge in [-0.15, -0.1) is 11.3 Å². The molecule has 0 spiro atoms. The Balaban J connectivity index is 1.51. The van der Waals surface area contributed by atoms with Crippen LogP contribution in [0.15, 0.2) is 24.3 Å². The van der Waals surface area contributed by atoms with Crippen LogP contribution in [0.2, 0.25) is 0 Å². The molecule has 1 aromatic heterocycles. The molecule has 1 aliphatic heterocycles. The molecule has 2 amide bonds. The van der Waals surface area contributed by atoms with Gasteiger partial charge in [0.2, 0.25) is 12.7 Å². The van der Waals surface area contributed by atoms with Crippen molar-refractivity contribution in [3.05, 3.63) is 45.8 Å². The van der Waals surface area contributed by atoms with Gasteiger partial charge in [0.25, 0.3) is 5.91 Å². The van der Waals surface area contributed by atoms with Gasteiger partial charge in [-0.25, -0.2) is 0 Å². The Morgan fingerprint density at radius 3 is 2.93 bits per heavy atom. The van der Waals surface area contributed by atoms with Gasteiger partial charge in [-0.05, 0) is 54.5 Å². The fourth-order valence-electron chi connectivity index (χ4n) is 3.69. The Morgan fingerprint density at radius 2 is 2.14 bits per heavy atom.